The van der Waals surface area contributed by atoms with Gasteiger partial charge in [0.2, 0.25) is 5.88 Å². The van der Waals surface area contributed by atoms with Crippen LogP contribution in [0.15, 0.2) is 55.5 Å². The Labute approximate surface area is 134 Å². The second-order valence-electron chi connectivity index (χ2n) is 4.90. The van der Waals surface area contributed by atoms with Crippen molar-refractivity contribution in [3.8, 4) is 11.8 Å². The van der Waals surface area contributed by atoms with Crippen molar-refractivity contribution in [3.63, 3.8) is 0 Å². The van der Waals surface area contributed by atoms with Gasteiger partial charge in [0.1, 0.15) is 23.2 Å². The summed E-state index contributed by atoms with van der Waals surface area (Å²) >= 11 is 3.39. The molecule has 0 unspecified atom stereocenters. The molecule has 0 amide bonds. The van der Waals surface area contributed by atoms with E-state index in [0.717, 1.165) is 10.0 Å². The highest BCUT2D eigenvalue weighted by molar-refractivity contribution is 9.10. The number of benzene rings is 1. The van der Waals surface area contributed by atoms with Gasteiger partial charge in [-0.1, -0.05) is 28.1 Å². The van der Waals surface area contributed by atoms with Crippen molar-refractivity contribution in [2.75, 3.05) is 0 Å². The molecule has 22 heavy (non-hydrogen) atoms. The van der Waals surface area contributed by atoms with E-state index in [1.165, 1.54) is 0 Å². The fraction of sp³-hybridized carbons (Fsp3) is 0.125. The molecular formula is C16H11BrN2O3. The van der Waals surface area contributed by atoms with Crippen LogP contribution in [0.3, 0.4) is 0 Å². The number of ether oxygens (including phenoxy) is 1. The van der Waals surface area contributed by atoms with Crippen molar-refractivity contribution >= 4 is 15.9 Å². The van der Waals surface area contributed by atoms with Crippen LogP contribution in [0.2, 0.25) is 0 Å². The molecule has 0 saturated heterocycles. The Balaban J connectivity index is 2.32. The molecule has 2 heterocycles. The average Bonchev–Trinajstić information content (AvgIpc) is 2.45. The molecule has 1 aliphatic heterocycles. The van der Waals surface area contributed by atoms with E-state index in [4.69, 9.17) is 14.9 Å². The van der Waals surface area contributed by atoms with Gasteiger partial charge in [0.25, 0.3) is 0 Å². The van der Waals surface area contributed by atoms with E-state index in [0.29, 0.717) is 11.5 Å². The fourth-order valence-electron chi connectivity index (χ4n) is 2.54. The zero-order valence-corrected chi connectivity index (χ0v) is 13.2. The predicted molar refractivity (Wildman–Crippen MR) is 83.2 cm³/mol. The molecule has 6 heteroatoms. The van der Waals surface area contributed by atoms with Gasteiger partial charge in [0, 0.05) is 10.5 Å². The molecule has 0 spiro atoms. The lowest BCUT2D eigenvalue weighted by Gasteiger charge is -2.25. The zero-order valence-electron chi connectivity index (χ0n) is 11.6. The summed E-state index contributed by atoms with van der Waals surface area (Å²) in [5, 5.41) is 9.42. The maximum absolute atomic E-state index is 12.3. The minimum atomic E-state index is -0.608. The van der Waals surface area contributed by atoms with E-state index in [-0.39, 0.29) is 17.0 Å². The number of halogens is 1. The summed E-state index contributed by atoms with van der Waals surface area (Å²) in [7, 11) is 0. The lowest BCUT2D eigenvalue weighted by molar-refractivity contribution is 0.371. The van der Waals surface area contributed by atoms with Gasteiger partial charge in [0.05, 0.1) is 11.5 Å². The summed E-state index contributed by atoms with van der Waals surface area (Å²) in [6.07, 6.45) is 0. The van der Waals surface area contributed by atoms with Gasteiger partial charge in [0.15, 0.2) is 0 Å². The Morgan fingerprint density at radius 3 is 2.82 bits per heavy atom. The number of allylic oxidation sites excluding steroid dienone is 1. The lowest BCUT2D eigenvalue weighted by atomic mass is 9.84. The Kier molecular flexibility index (Phi) is 3.51. The van der Waals surface area contributed by atoms with Crippen LogP contribution in [0.4, 0.5) is 0 Å². The highest BCUT2D eigenvalue weighted by atomic mass is 79.9. The van der Waals surface area contributed by atoms with Crippen molar-refractivity contribution in [3.05, 3.63) is 73.6 Å². The van der Waals surface area contributed by atoms with E-state index in [2.05, 4.69) is 15.9 Å². The van der Waals surface area contributed by atoms with E-state index in [1.807, 2.05) is 30.3 Å². The van der Waals surface area contributed by atoms with Crippen molar-refractivity contribution in [1.82, 2.24) is 0 Å². The first-order valence-electron chi connectivity index (χ1n) is 6.49. The molecular weight excluding hydrogens is 348 g/mol. The number of nitrogens with two attached hydrogens (primary N) is 1. The van der Waals surface area contributed by atoms with Gasteiger partial charge in [-0.15, -0.1) is 0 Å². The fourth-order valence-corrected chi connectivity index (χ4v) is 2.95. The van der Waals surface area contributed by atoms with Gasteiger partial charge in [-0.05, 0) is 24.6 Å². The minimum Gasteiger partial charge on any atom is -0.440 e. The van der Waals surface area contributed by atoms with Gasteiger partial charge in [-0.2, -0.15) is 5.26 Å². The van der Waals surface area contributed by atoms with E-state index < -0.39 is 11.5 Å². The maximum Gasteiger partial charge on any atom is 0.343 e. The molecule has 1 aromatic carbocycles. The summed E-state index contributed by atoms with van der Waals surface area (Å²) < 4.78 is 11.4. The second kappa shape index (κ2) is 5.35. The highest BCUT2D eigenvalue weighted by Crippen LogP contribution is 2.40. The minimum absolute atomic E-state index is 0.00461. The number of hydrogen-bond donors (Lipinski definition) is 1. The summed E-state index contributed by atoms with van der Waals surface area (Å²) in [5.74, 6) is 0.147. The monoisotopic (exact) mass is 358 g/mol. The van der Waals surface area contributed by atoms with Gasteiger partial charge in [-0.3, -0.25) is 0 Å². The molecule has 0 radical (unpaired) electrons. The van der Waals surface area contributed by atoms with Crippen LogP contribution in [0.1, 0.15) is 22.8 Å². The molecule has 0 aliphatic carbocycles. The molecule has 0 fully saturated rings. The Bertz CT molecular complexity index is 893. The van der Waals surface area contributed by atoms with Crippen LogP contribution in [-0.2, 0) is 0 Å². The normalized spacial score (nSPS) is 16.7. The smallest absolute Gasteiger partial charge is 0.343 e. The topological polar surface area (TPSA) is 89.2 Å². The van der Waals surface area contributed by atoms with Crippen LogP contribution in [0.25, 0.3) is 0 Å². The summed E-state index contributed by atoms with van der Waals surface area (Å²) in [5.41, 5.74) is 6.57. The van der Waals surface area contributed by atoms with Crippen LogP contribution in [-0.4, -0.2) is 0 Å². The van der Waals surface area contributed by atoms with Crippen molar-refractivity contribution in [2.24, 2.45) is 5.73 Å². The van der Waals surface area contributed by atoms with Crippen molar-refractivity contribution in [1.29, 1.82) is 5.26 Å². The second-order valence-corrected chi connectivity index (χ2v) is 5.82. The average molecular weight is 359 g/mol. The predicted octanol–water partition coefficient (Wildman–Crippen LogP) is 2.93. The van der Waals surface area contributed by atoms with Crippen LogP contribution in [0.5, 0.6) is 5.75 Å². The third-order valence-electron chi connectivity index (χ3n) is 3.44. The molecule has 3 rings (SSSR count). The van der Waals surface area contributed by atoms with Crippen molar-refractivity contribution < 1.29 is 9.15 Å². The van der Waals surface area contributed by atoms with E-state index >= 15 is 0 Å². The van der Waals surface area contributed by atoms with Crippen LogP contribution in [0, 0.1) is 18.3 Å². The van der Waals surface area contributed by atoms with Gasteiger partial charge >= 0.3 is 5.63 Å². The Morgan fingerprint density at radius 2 is 2.14 bits per heavy atom. The third-order valence-corrected chi connectivity index (χ3v) is 3.93. The molecule has 1 aliphatic rings. The Hall–Kier alpha value is -2.52. The molecule has 0 saturated carbocycles. The first kappa shape index (κ1) is 14.4. The molecule has 0 bridgehead atoms. The number of nitriles is 1. The number of rotatable bonds is 1. The number of nitrogens with zero attached hydrogens (tertiary/aromatic N) is 1. The molecule has 1 aromatic heterocycles. The zero-order chi connectivity index (χ0) is 15.9. The molecule has 1 atom stereocenters. The molecule has 110 valence electrons. The number of hydrogen-bond acceptors (Lipinski definition) is 5. The molecule has 5 nitrogen and oxygen atoms in total. The summed E-state index contributed by atoms with van der Waals surface area (Å²) in [6, 6.07) is 11.0. The third kappa shape index (κ3) is 2.30. The van der Waals surface area contributed by atoms with Gasteiger partial charge < -0.3 is 14.9 Å². The highest BCUT2D eigenvalue weighted by Gasteiger charge is 2.34. The largest absolute Gasteiger partial charge is 0.440 e. The summed E-state index contributed by atoms with van der Waals surface area (Å²) in [4.78, 5) is 12.3. The lowest BCUT2D eigenvalue weighted by Crippen LogP contribution is -2.26. The van der Waals surface area contributed by atoms with Gasteiger partial charge in [-0.25, -0.2) is 4.79 Å². The van der Waals surface area contributed by atoms with Crippen LogP contribution < -0.4 is 16.1 Å². The molecule has 2 aromatic rings. The van der Waals surface area contributed by atoms with E-state index in [1.54, 1.807) is 13.0 Å². The number of aryl methyl sites for hydroxylation is 1. The number of fused-ring (bicyclic) bond motifs is 1. The van der Waals surface area contributed by atoms with Crippen LogP contribution >= 0.6 is 15.9 Å². The first-order valence-corrected chi connectivity index (χ1v) is 7.28. The Morgan fingerprint density at radius 1 is 1.36 bits per heavy atom. The van der Waals surface area contributed by atoms with E-state index in [9.17, 15) is 10.1 Å². The molecule has 2 N–H and O–H groups in total. The standard InChI is InChI=1S/C16H11BrN2O3/c1-8-5-12-14(16(20)21-8)13(11(7-18)15(19)22-12)9-3-2-4-10(17)6-9/h2-6,13H,19H2,1H3/t13-/m1/s1. The maximum atomic E-state index is 12.3. The summed E-state index contributed by atoms with van der Waals surface area (Å²) in [6.45, 7) is 1.65. The quantitative estimate of drug-likeness (QED) is 0.846. The SMILES string of the molecule is Cc1cc2c(c(=O)o1)[C@H](c1cccc(Br)c1)C(C#N)=C(N)O2. The first-order chi connectivity index (χ1) is 10.5. The van der Waals surface area contributed by atoms with Crippen molar-refractivity contribution in [2.45, 2.75) is 12.8 Å².